The van der Waals surface area contributed by atoms with Gasteiger partial charge in [-0.15, -0.1) is 18.3 Å². The summed E-state index contributed by atoms with van der Waals surface area (Å²) in [5, 5.41) is 34.6. The minimum atomic E-state index is -1.44. The molecule has 1 fully saturated rings. The van der Waals surface area contributed by atoms with E-state index in [0.29, 0.717) is 30.9 Å². The molecule has 0 radical (unpaired) electrons. The lowest BCUT2D eigenvalue weighted by atomic mass is 9.55. The minimum Gasteiger partial charge on any atom is -0.493 e. The number of carbonyl (C=O) groups is 1. The molecule has 69 heavy (non-hydrogen) atoms. The molecular weight excluding hydrogens is 893 g/mol. The summed E-state index contributed by atoms with van der Waals surface area (Å²) in [7, 11) is 0. The highest BCUT2D eigenvalue weighted by atomic mass is 32.2. The summed E-state index contributed by atoms with van der Waals surface area (Å²) in [6.07, 6.45) is 20.2. The van der Waals surface area contributed by atoms with Gasteiger partial charge in [0.15, 0.2) is 0 Å². The van der Waals surface area contributed by atoms with E-state index >= 15 is 0 Å². The van der Waals surface area contributed by atoms with E-state index in [1.807, 2.05) is 51.1 Å². The van der Waals surface area contributed by atoms with Crippen LogP contribution in [0.1, 0.15) is 148 Å². The molecule has 2 aromatic rings. The Balaban J connectivity index is 1.58. The van der Waals surface area contributed by atoms with Crippen LogP contribution in [0.5, 0.6) is 11.5 Å². The predicted octanol–water partition coefficient (Wildman–Crippen LogP) is 11.7. The summed E-state index contributed by atoms with van der Waals surface area (Å²) in [6.45, 7) is 13.6. The number of nitrogens with zero attached hydrogens (tertiary/aromatic N) is 2. The molecule has 2 aromatic carbocycles. The number of thioether (sulfide) groups is 1. The zero-order chi connectivity index (χ0) is 49.3. The van der Waals surface area contributed by atoms with Crippen molar-refractivity contribution in [3.63, 3.8) is 0 Å². The number of amides is 1. The highest BCUT2D eigenvalue weighted by Gasteiger charge is 2.65. The second kappa shape index (κ2) is 30.3. The molecule has 1 amide bonds. The fourth-order valence-electron chi connectivity index (χ4n) is 10.3. The Morgan fingerprint density at radius 1 is 0.870 bits per heavy atom. The molecule has 0 saturated heterocycles. The number of aliphatic hydroxyl groups excluding tert-OH is 3. The van der Waals surface area contributed by atoms with Crippen molar-refractivity contribution in [3.8, 4) is 11.5 Å². The number of fused-ring (bicyclic) bond motifs is 2. The number of carbonyl (C=O) groups excluding carboxylic acids is 1. The van der Waals surface area contributed by atoms with E-state index in [4.69, 9.17) is 33.7 Å². The Labute approximate surface area is 418 Å². The van der Waals surface area contributed by atoms with E-state index in [1.54, 1.807) is 22.7 Å². The highest BCUT2D eigenvalue weighted by Crippen LogP contribution is 2.62. The maximum absolute atomic E-state index is 14.8. The first-order valence-electron chi connectivity index (χ1n) is 26.3. The van der Waals surface area contributed by atoms with Crippen molar-refractivity contribution in [3.05, 3.63) is 78.4 Å². The third kappa shape index (κ3) is 17.0. The van der Waals surface area contributed by atoms with Gasteiger partial charge in [0.05, 0.1) is 51.3 Å². The van der Waals surface area contributed by atoms with Crippen LogP contribution in [0.4, 0.5) is 4.79 Å². The van der Waals surface area contributed by atoms with Crippen LogP contribution in [0, 0.1) is 17.8 Å². The summed E-state index contributed by atoms with van der Waals surface area (Å²) in [5.74, 6) is 0.209. The van der Waals surface area contributed by atoms with Crippen molar-refractivity contribution in [2.24, 2.45) is 22.9 Å². The van der Waals surface area contributed by atoms with Crippen LogP contribution < -0.4 is 9.47 Å². The number of allylic oxidation sites excluding steroid dienone is 1. The number of hydrogen-bond acceptors (Lipinski definition) is 12. The zero-order valence-corrected chi connectivity index (χ0v) is 43.3. The second-order valence-corrected chi connectivity index (χ2v) is 21.0. The SMILES string of the molecule is C=CCO[C@@]12Oc3ccc(OCCSc4ccccc4)cc3[C@H]3[C@H](CCCCO)[C@@H](CCCCO)C=C(C(=NOC(C)(C)C)C[C@@H]1N(CCOCCO)C(=O)OCCCCCCCCCCCC)[C@H]32. The monoisotopic (exact) mass is 979 g/mol. The van der Waals surface area contributed by atoms with Gasteiger partial charge in [-0.2, -0.15) is 0 Å². The number of benzene rings is 2. The van der Waals surface area contributed by atoms with Crippen LogP contribution in [0.3, 0.4) is 0 Å². The largest absolute Gasteiger partial charge is 0.493 e. The van der Waals surface area contributed by atoms with Crippen LogP contribution in [-0.2, 0) is 19.0 Å². The van der Waals surface area contributed by atoms with Gasteiger partial charge < -0.3 is 43.8 Å². The molecule has 1 aliphatic heterocycles. The van der Waals surface area contributed by atoms with E-state index in [1.165, 1.54) is 49.8 Å². The Morgan fingerprint density at radius 2 is 1.58 bits per heavy atom. The molecule has 0 aromatic heterocycles. The first-order chi connectivity index (χ1) is 33.6. The van der Waals surface area contributed by atoms with Crippen molar-refractivity contribution < 1.29 is 48.6 Å². The molecule has 12 nitrogen and oxygen atoms in total. The summed E-state index contributed by atoms with van der Waals surface area (Å²) in [4.78, 5) is 24.0. The average Bonchev–Trinajstić information content (AvgIpc) is 3.34. The Morgan fingerprint density at radius 3 is 2.26 bits per heavy atom. The molecule has 0 unspecified atom stereocenters. The quantitative estimate of drug-likeness (QED) is 0.0266. The van der Waals surface area contributed by atoms with Crippen molar-refractivity contribution in [1.29, 1.82) is 0 Å². The predicted molar refractivity (Wildman–Crippen MR) is 276 cm³/mol. The van der Waals surface area contributed by atoms with Gasteiger partial charge in [0, 0.05) is 48.3 Å². The molecule has 3 aliphatic rings. The number of oxime groups is 1. The standard InChI is InChI=1S/C56H86N2O10S/c1-6-8-9-10-11-12-13-14-15-23-35-65-54(62)58(30-36-63-37-33-61)51-42-49(57-68-55(3,4)5)47-40-43(24-19-21-31-59)46(27-20-22-32-60)52-48-41-44(64-38-39-69-45-25-17-16-18-26-45)28-29-50(48)67-56(51,53(47)52)66-34-7-2/h7,16-18,25-26,28-29,40-41,43,46,51-53,59-61H,2,6,8-15,19-24,27,30-39,42H2,1,3-5H3/t43-,46+,51-,52+,53+,56+/m0/s1. The fourth-order valence-corrected chi connectivity index (χ4v) is 11.1. The molecule has 0 bridgehead atoms. The summed E-state index contributed by atoms with van der Waals surface area (Å²) >= 11 is 1.75. The van der Waals surface area contributed by atoms with E-state index in [2.05, 4.69) is 37.8 Å². The van der Waals surface area contributed by atoms with Crippen molar-refractivity contribution in [2.45, 2.75) is 165 Å². The summed E-state index contributed by atoms with van der Waals surface area (Å²) < 4.78 is 33.1. The molecule has 13 heteroatoms. The summed E-state index contributed by atoms with van der Waals surface area (Å²) in [6, 6.07) is 15.6. The Hall–Kier alpha value is -3.59. The van der Waals surface area contributed by atoms with Crippen molar-refractivity contribution in [2.75, 3.05) is 65.2 Å². The first kappa shape index (κ1) is 56.3. The van der Waals surface area contributed by atoms with Crippen LogP contribution >= 0.6 is 11.8 Å². The minimum absolute atomic E-state index is 0.0652. The molecule has 6 atom stereocenters. The number of aliphatic hydroxyl groups is 3. The van der Waals surface area contributed by atoms with Gasteiger partial charge in [-0.1, -0.05) is 113 Å². The van der Waals surface area contributed by atoms with Crippen LogP contribution in [-0.4, -0.2) is 115 Å². The van der Waals surface area contributed by atoms with Crippen LogP contribution in [0.2, 0.25) is 0 Å². The van der Waals surface area contributed by atoms with Crippen LogP contribution in [0.15, 0.2) is 82.9 Å². The summed E-state index contributed by atoms with van der Waals surface area (Å²) in [5.41, 5.74) is 2.06. The van der Waals surface area contributed by atoms with Crippen molar-refractivity contribution in [1.82, 2.24) is 4.90 Å². The topological polar surface area (TPSA) is 149 Å². The zero-order valence-electron chi connectivity index (χ0n) is 42.5. The van der Waals surface area contributed by atoms with E-state index in [-0.39, 0.29) is 77.0 Å². The normalized spacial score (nSPS) is 22.3. The molecule has 3 N–H and O–H groups in total. The molecule has 1 heterocycles. The molecule has 0 spiro atoms. The van der Waals surface area contributed by atoms with Gasteiger partial charge >= 0.3 is 6.09 Å². The lowest BCUT2D eigenvalue weighted by molar-refractivity contribution is -0.256. The fraction of sp³-hybridized carbons (Fsp3) is 0.679. The van der Waals surface area contributed by atoms with E-state index in [0.717, 1.165) is 67.6 Å². The lowest BCUT2D eigenvalue weighted by Gasteiger charge is -2.60. The van der Waals surface area contributed by atoms with E-state index < -0.39 is 29.4 Å². The highest BCUT2D eigenvalue weighted by molar-refractivity contribution is 7.99. The number of rotatable bonds is 34. The van der Waals surface area contributed by atoms with Gasteiger partial charge in [0.2, 0.25) is 5.79 Å². The number of unbranched alkanes of at least 4 members (excludes halogenated alkanes) is 11. The lowest BCUT2D eigenvalue weighted by Crippen LogP contribution is -2.70. The molecule has 2 aliphatic carbocycles. The smallest absolute Gasteiger partial charge is 0.410 e. The molecule has 1 saturated carbocycles. The number of hydrogen-bond donors (Lipinski definition) is 3. The van der Waals surface area contributed by atoms with Gasteiger partial charge in [-0.3, -0.25) is 4.90 Å². The molecule has 5 rings (SSSR count). The van der Waals surface area contributed by atoms with Crippen molar-refractivity contribution >= 4 is 23.6 Å². The Bertz CT molecular complexity index is 1860. The van der Waals surface area contributed by atoms with E-state index in [9.17, 15) is 20.1 Å². The first-order valence-corrected chi connectivity index (χ1v) is 27.3. The molecule has 386 valence electrons. The second-order valence-electron chi connectivity index (χ2n) is 19.8. The third-order valence-corrected chi connectivity index (χ3v) is 14.5. The Kier molecular flexibility index (Phi) is 24.8. The van der Waals surface area contributed by atoms with Crippen LogP contribution in [0.25, 0.3) is 0 Å². The molecular formula is C56H86N2O10S. The van der Waals surface area contributed by atoms with Gasteiger partial charge in [-0.25, -0.2) is 4.79 Å². The third-order valence-electron chi connectivity index (χ3n) is 13.5. The average molecular weight is 979 g/mol. The van der Waals surface area contributed by atoms with Gasteiger partial charge in [0.1, 0.15) is 23.1 Å². The van der Waals surface area contributed by atoms with Gasteiger partial charge in [-0.05, 0) is 101 Å². The maximum Gasteiger partial charge on any atom is 0.410 e. The maximum atomic E-state index is 14.8. The van der Waals surface area contributed by atoms with Gasteiger partial charge in [0.25, 0.3) is 0 Å². The number of ether oxygens (including phenoxy) is 5.